The summed E-state index contributed by atoms with van der Waals surface area (Å²) in [6.07, 6.45) is 5.27. The second-order valence-electron chi connectivity index (χ2n) is 3.58. The Hall–Kier alpha value is -1.90. The number of nitrogens with zero attached hydrogens (tertiary/aromatic N) is 2. The number of benzene rings is 1. The second-order valence-corrected chi connectivity index (χ2v) is 3.58. The van der Waals surface area contributed by atoms with Crippen molar-refractivity contribution in [1.82, 2.24) is 9.97 Å². The molecule has 3 nitrogen and oxygen atoms in total. The maximum atomic E-state index is 5.18. The topological polar surface area (TPSA) is 35.0 Å². The summed E-state index contributed by atoms with van der Waals surface area (Å²) in [6, 6.07) is 7.98. The summed E-state index contributed by atoms with van der Waals surface area (Å²) >= 11 is 0. The molecule has 81 valence electrons. The Morgan fingerprint density at radius 2 is 2.25 bits per heavy atom. The van der Waals surface area contributed by atoms with Crippen LogP contribution in [0.3, 0.4) is 0 Å². The fourth-order valence-corrected chi connectivity index (χ4v) is 1.54. The van der Waals surface area contributed by atoms with Gasteiger partial charge in [-0.1, -0.05) is 12.1 Å². The van der Waals surface area contributed by atoms with Crippen LogP contribution in [-0.2, 0) is 6.42 Å². The molecule has 1 radical (unpaired) electrons. The molecular weight excluding hydrogens is 200 g/mol. The molecule has 0 saturated carbocycles. The van der Waals surface area contributed by atoms with E-state index in [0.29, 0.717) is 0 Å². The molecule has 0 aliphatic heterocycles. The fourth-order valence-electron chi connectivity index (χ4n) is 1.54. The van der Waals surface area contributed by atoms with Crippen molar-refractivity contribution in [2.75, 3.05) is 7.11 Å². The lowest BCUT2D eigenvalue weighted by Gasteiger charge is -2.05. The zero-order chi connectivity index (χ0) is 11.4. The molecule has 0 bridgehead atoms. The summed E-state index contributed by atoms with van der Waals surface area (Å²) in [5.41, 5.74) is 3.17. The Bertz CT molecular complexity index is 483. The van der Waals surface area contributed by atoms with Gasteiger partial charge in [0, 0.05) is 17.7 Å². The van der Waals surface area contributed by atoms with E-state index in [1.807, 2.05) is 25.1 Å². The van der Waals surface area contributed by atoms with E-state index in [4.69, 9.17) is 4.74 Å². The first-order valence-electron chi connectivity index (χ1n) is 5.10. The monoisotopic (exact) mass is 213 g/mol. The van der Waals surface area contributed by atoms with Gasteiger partial charge in [-0.15, -0.1) is 0 Å². The van der Waals surface area contributed by atoms with Gasteiger partial charge in [0.05, 0.1) is 13.3 Å². The molecule has 0 spiro atoms. The van der Waals surface area contributed by atoms with Gasteiger partial charge < -0.3 is 4.74 Å². The standard InChI is InChI=1S/C13H13N2O/c1-10-12(8-14-9-15-10)6-11-4-3-5-13(7-11)16-2/h3-5,7,9H,6H2,1-2H3. The predicted molar refractivity (Wildman–Crippen MR) is 61.4 cm³/mol. The Morgan fingerprint density at radius 1 is 1.38 bits per heavy atom. The average Bonchev–Trinajstić information content (AvgIpc) is 2.32. The summed E-state index contributed by atoms with van der Waals surface area (Å²) in [4.78, 5) is 8.06. The molecule has 3 heteroatoms. The molecule has 0 aliphatic carbocycles. The van der Waals surface area contributed by atoms with Crippen molar-refractivity contribution in [3.8, 4) is 5.75 Å². The van der Waals surface area contributed by atoms with Gasteiger partial charge in [-0.25, -0.2) is 9.97 Å². The van der Waals surface area contributed by atoms with Crippen molar-refractivity contribution < 1.29 is 4.74 Å². The molecule has 1 heterocycles. The molecular formula is C13H13N2O. The minimum Gasteiger partial charge on any atom is -0.497 e. The zero-order valence-electron chi connectivity index (χ0n) is 9.40. The highest BCUT2D eigenvalue weighted by molar-refractivity contribution is 5.32. The van der Waals surface area contributed by atoms with E-state index in [2.05, 4.69) is 22.2 Å². The van der Waals surface area contributed by atoms with E-state index in [1.54, 1.807) is 7.11 Å². The van der Waals surface area contributed by atoms with Gasteiger partial charge in [0.2, 0.25) is 0 Å². The molecule has 0 amide bonds. The minimum absolute atomic E-state index is 0.782. The van der Waals surface area contributed by atoms with Gasteiger partial charge in [0.25, 0.3) is 0 Å². The lowest BCUT2D eigenvalue weighted by atomic mass is 10.1. The van der Waals surface area contributed by atoms with Crippen LogP contribution in [0.15, 0.2) is 30.6 Å². The SMILES string of the molecule is COc1cccc(Cc2[c]ncnc2C)c1. The first-order chi connectivity index (χ1) is 7.79. The Kier molecular flexibility index (Phi) is 3.15. The van der Waals surface area contributed by atoms with Crippen molar-refractivity contribution in [2.24, 2.45) is 0 Å². The van der Waals surface area contributed by atoms with Crippen molar-refractivity contribution in [3.63, 3.8) is 0 Å². The van der Waals surface area contributed by atoms with Gasteiger partial charge in [-0.05, 0) is 24.6 Å². The van der Waals surface area contributed by atoms with Crippen LogP contribution in [0.25, 0.3) is 0 Å². The largest absolute Gasteiger partial charge is 0.497 e. The van der Waals surface area contributed by atoms with Crippen LogP contribution in [-0.4, -0.2) is 17.1 Å². The van der Waals surface area contributed by atoms with Gasteiger partial charge in [-0.3, -0.25) is 0 Å². The predicted octanol–water partition coefficient (Wildman–Crippen LogP) is 2.18. The molecule has 16 heavy (non-hydrogen) atoms. The first kappa shape index (κ1) is 10.6. The third kappa shape index (κ3) is 2.37. The van der Waals surface area contributed by atoms with Crippen molar-refractivity contribution >= 4 is 0 Å². The van der Waals surface area contributed by atoms with Gasteiger partial charge in [0.15, 0.2) is 0 Å². The van der Waals surface area contributed by atoms with E-state index in [9.17, 15) is 0 Å². The summed E-state index contributed by atoms with van der Waals surface area (Å²) in [7, 11) is 1.67. The maximum absolute atomic E-state index is 5.18. The first-order valence-corrected chi connectivity index (χ1v) is 5.10. The summed E-state index contributed by atoms with van der Waals surface area (Å²) in [5, 5.41) is 0. The lowest BCUT2D eigenvalue weighted by Crippen LogP contribution is -1.96. The van der Waals surface area contributed by atoms with Crippen LogP contribution in [0.4, 0.5) is 0 Å². The Morgan fingerprint density at radius 3 is 3.00 bits per heavy atom. The fraction of sp³-hybridized carbons (Fsp3) is 0.231. The normalized spacial score (nSPS) is 10.1. The maximum Gasteiger partial charge on any atom is 0.119 e. The van der Waals surface area contributed by atoms with E-state index in [1.165, 1.54) is 11.9 Å². The molecule has 0 aliphatic rings. The van der Waals surface area contributed by atoms with Crippen LogP contribution in [0.2, 0.25) is 0 Å². The molecule has 1 aromatic heterocycles. The number of aryl methyl sites for hydroxylation is 1. The third-order valence-corrected chi connectivity index (χ3v) is 2.46. The molecule has 0 atom stereocenters. The summed E-state index contributed by atoms with van der Waals surface area (Å²) < 4.78 is 5.18. The smallest absolute Gasteiger partial charge is 0.119 e. The highest BCUT2D eigenvalue weighted by atomic mass is 16.5. The quantitative estimate of drug-likeness (QED) is 0.783. The van der Waals surface area contributed by atoms with Crippen LogP contribution < -0.4 is 4.74 Å². The molecule has 0 fully saturated rings. The highest BCUT2D eigenvalue weighted by Gasteiger charge is 2.02. The number of hydrogen-bond acceptors (Lipinski definition) is 3. The highest BCUT2D eigenvalue weighted by Crippen LogP contribution is 2.16. The number of aromatic nitrogens is 2. The van der Waals surface area contributed by atoms with Crippen molar-refractivity contribution in [3.05, 3.63) is 53.6 Å². The minimum atomic E-state index is 0.782. The van der Waals surface area contributed by atoms with E-state index in [0.717, 1.165) is 23.4 Å². The van der Waals surface area contributed by atoms with Crippen molar-refractivity contribution in [1.29, 1.82) is 0 Å². The molecule has 0 N–H and O–H groups in total. The van der Waals surface area contributed by atoms with Crippen molar-refractivity contribution in [2.45, 2.75) is 13.3 Å². The summed E-state index contributed by atoms with van der Waals surface area (Å²) in [5.74, 6) is 0.868. The average molecular weight is 213 g/mol. The van der Waals surface area contributed by atoms with Crippen LogP contribution in [0.5, 0.6) is 5.75 Å². The zero-order valence-corrected chi connectivity index (χ0v) is 9.40. The third-order valence-electron chi connectivity index (χ3n) is 2.46. The number of ether oxygens (including phenoxy) is 1. The molecule has 1 aromatic carbocycles. The van der Waals surface area contributed by atoms with Gasteiger partial charge >= 0.3 is 0 Å². The Labute approximate surface area is 95.1 Å². The number of methoxy groups -OCH3 is 1. The van der Waals surface area contributed by atoms with Gasteiger partial charge in [0.1, 0.15) is 12.1 Å². The number of rotatable bonds is 3. The summed E-state index contributed by atoms with van der Waals surface area (Å²) in [6.45, 7) is 1.97. The van der Waals surface area contributed by atoms with Crippen LogP contribution in [0.1, 0.15) is 16.8 Å². The molecule has 2 aromatic rings. The molecule has 2 rings (SSSR count). The van der Waals surface area contributed by atoms with Crippen LogP contribution >= 0.6 is 0 Å². The molecule has 0 unspecified atom stereocenters. The van der Waals surface area contributed by atoms with E-state index in [-0.39, 0.29) is 0 Å². The van der Waals surface area contributed by atoms with Gasteiger partial charge in [-0.2, -0.15) is 0 Å². The molecule has 0 saturated heterocycles. The number of hydrogen-bond donors (Lipinski definition) is 0. The van der Waals surface area contributed by atoms with Crippen LogP contribution in [0, 0.1) is 13.1 Å². The lowest BCUT2D eigenvalue weighted by molar-refractivity contribution is 0.414. The van der Waals surface area contributed by atoms with E-state index < -0.39 is 0 Å². The van der Waals surface area contributed by atoms with E-state index >= 15 is 0 Å². The second kappa shape index (κ2) is 4.75. The Balaban J connectivity index is 2.24.